The molecule has 3 aromatic rings. The van der Waals surface area contributed by atoms with Gasteiger partial charge in [0.1, 0.15) is 22.4 Å². The van der Waals surface area contributed by atoms with Crippen molar-refractivity contribution in [1.29, 1.82) is 5.26 Å². The van der Waals surface area contributed by atoms with Crippen molar-refractivity contribution >= 4 is 28.9 Å². The third kappa shape index (κ3) is 2.44. The van der Waals surface area contributed by atoms with Gasteiger partial charge in [0.05, 0.1) is 13.3 Å². The van der Waals surface area contributed by atoms with Crippen LogP contribution in [-0.2, 0) is 0 Å². The van der Waals surface area contributed by atoms with Gasteiger partial charge in [-0.25, -0.2) is 4.98 Å². The van der Waals surface area contributed by atoms with Gasteiger partial charge >= 0.3 is 0 Å². The Balaban J connectivity index is 2.16. The quantitative estimate of drug-likeness (QED) is 0.589. The summed E-state index contributed by atoms with van der Waals surface area (Å²) in [6.45, 7) is 0. The highest BCUT2D eigenvalue weighted by molar-refractivity contribution is 7.98. The minimum absolute atomic E-state index is 0.464. The Morgan fingerprint density at radius 1 is 1.36 bits per heavy atom. The lowest BCUT2D eigenvalue weighted by Gasteiger charge is -2.13. The van der Waals surface area contributed by atoms with E-state index < -0.39 is 0 Å². The molecule has 0 aliphatic heterocycles. The van der Waals surface area contributed by atoms with Crippen LogP contribution in [0.1, 0.15) is 5.56 Å². The van der Waals surface area contributed by atoms with Crippen LogP contribution in [0, 0.1) is 11.3 Å². The second-order valence-corrected chi connectivity index (χ2v) is 5.21. The van der Waals surface area contributed by atoms with Crippen molar-refractivity contribution in [1.82, 2.24) is 14.6 Å². The maximum atomic E-state index is 9.50. The van der Waals surface area contributed by atoms with E-state index in [1.54, 1.807) is 23.9 Å². The first-order chi connectivity index (χ1) is 10.8. The maximum absolute atomic E-state index is 9.50. The number of ether oxygens (including phenoxy) is 1. The van der Waals surface area contributed by atoms with Gasteiger partial charge in [-0.3, -0.25) is 0 Å². The summed E-state index contributed by atoms with van der Waals surface area (Å²) in [4.78, 5) is 4.44. The predicted octanol–water partition coefficient (Wildman–Crippen LogP) is 3.08. The van der Waals surface area contributed by atoms with Crippen molar-refractivity contribution in [2.24, 2.45) is 0 Å². The largest absolute Gasteiger partial charge is 0.497 e. The number of methoxy groups -OCH3 is 1. The van der Waals surface area contributed by atoms with Crippen LogP contribution in [0.4, 0.5) is 11.5 Å². The highest BCUT2D eigenvalue weighted by Crippen LogP contribution is 2.29. The normalized spacial score (nSPS) is 10.4. The van der Waals surface area contributed by atoms with Crippen molar-refractivity contribution in [2.75, 3.05) is 18.7 Å². The van der Waals surface area contributed by atoms with Crippen molar-refractivity contribution in [3.8, 4) is 11.8 Å². The van der Waals surface area contributed by atoms with Crippen LogP contribution >= 0.6 is 11.8 Å². The first-order valence-electron chi connectivity index (χ1n) is 6.49. The number of hydrogen-bond donors (Lipinski definition) is 1. The number of aromatic nitrogens is 3. The number of fused-ring (bicyclic) bond motifs is 1. The van der Waals surface area contributed by atoms with E-state index in [2.05, 4.69) is 21.5 Å². The molecule has 0 bridgehead atoms. The smallest absolute Gasteiger partial charge is 0.158 e. The van der Waals surface area contributed by atoms with E-state index in [0.29, 0.717) is 22.1 Å². The monoisotopic (exact) mass is 311 g/mol. The van der Waals surface area contributed by atoms with E-state index in [1.165, 1.54) is 11.8 Å². The highest BCUT2D eigenvalue weighted by Gasteiger charge is 2.15. The minimum atomic E-state index is 0.464. The fourth-order valence-corrected chi connectivity index (χ4v) is 2.65. The fourth-order valence-electron chi connectivity index (χ4n) is 2.12. The van der Waals surface area contributed by atoms with Crippen molar-refractivity contribution in [2.45, 2.75) is 5.03 Å². The minimum Gasteiger partial charge on any atom is -0.497 e. The molecular formula is C15H13N5OS. The van der Waals surface area contributed by atoms with Crippen molar-refractivity contribution < 1.29 is 4.74 Å². The number of nitriles is 1. The van der Waals surface area contributed by atoms with Crippen LogP contribution in [-0.4, -0.2) is 28.0 Å². The van der Waals surface area contributed by atoms with E-state index in [0.717, 1.165) is 11.4 Å². The molecule has 22 heavy (non-hydrogen) atoms. The Morgan fingerprint density at radius 2 is 2.23 bits per heavy atom. The average molecular weight is 311 g/mol. The van der Waals surface area contributed by atoms with Crippen LogP contribution in [0.25, 0.3) is 5.65 Å². The number of anilines is 2. The summed E-state index contributed by atoms with van der Waals surface area (Å²) in [5.74, 6) is 1.33. The summed E-state index contributed by atoms with van der Waals surface area (Å²) >= 11 is 1.43. The van der Waals surface area contributed by atoms with Crippen LogP contribution < -0.4 is 10.1 Å². The van der Waals surface area contributed by atoms with E-state index >= 15 is 0 Å². The van der Waals surface area contributed by atoms with Gasteiger partial charge in [-0.2, -0.15) is 14.9 Å². The van der Waals surface area contributed by atoms with E-state index in [4.69, 9.17) is 4.74 Å². The first kappa shape index (κ1) is 14.2. The summed E-state index contributed by atoms with van der Waals surface area (Å²) in [6.07, 6.45) is 3.55. The van der Waals surface area contributed by atoms with E-state index in [1.807, 2.05) is 30.5 Å². The lowest BCUT2D eigenvalue weighted by atomic mass is 10.2. The van der Waals surface area contributed by atoms with Gasteiger partial charge in [0.2, 0.25) is 0 Å². The molecule has 6 nitrogen and oxygen atoms in total. The lowest BCUT2D eigenvalue weighted by molar-refractivity contribution is 0.415. The highest BCUT2D eigenvalue weighted by atomic mass is 32.2. The molecule has 0 aliphatic rings. The van der Waals surface area contributed by atoms with Crippen LogP contribution in [0.15, 0.2) is 41.6 Å². The number of benzene rings is 1. The summed E-state index contributed by atoms with van der Waals surface area (Å²) in [7, 11) is 1.61. The molecule has 0 unspecified atom stereocenters. The molecule has 3 rings (SSSR count). The molecular weight excluding hydrogens is 298 g/mol. The summed E-state index contributed by atoms with van der Waals surface area (Å²) < 4.78 is 6.85. The molecule has 1 aromatic carbocycles. The second-order valence-electron chi connectivity index (χ2n) is 4.41. The van der Waals surface area contributed by atoms with Gasteiger partial charge in [0.15, 0.2) is 11.5 Å². The number of hydrogen-bond acceptors (Lipinski definition) is 6. The van der Waals surface area contributed by atoms with Gasteiger partial charge in [-0.1, -0.05) is 6.07 Å². The zero-order valence-electron chi connectivity index (χ0n) is 12.1. The number of nitrogens with zero attached hydrogens (tertiary/aromatic N) is 4. The molecule has 0 amide bonds. The molecule has 2 heterocycles. The number of rotatable bonds is 4. The maximum Gasteiger partial charge on any atom is 0.158 e. The van der Waals surface area contributed by atoms with Gasteiger partial charge < -0.3 is 10.1 Å². The third-order valence-corrected chi connectivity index (χ3v) is 3.82. The molecule has 110 valence electrons. The standard InChI is InChI=1S/C15H13N5OS/c1-21-11-5-3-4-10(8-11)18-14-12(9-16)15(22-2)19-13-6-7-17-20(13)14/h3-8,18H,1-2H3. The fraction of sp³-hybridized carbons (Fsp3) is 0.133. The predicted molar refractivity (Wildman–Crippen MR) is 85.8 cm³/mol. The Kier molecular flexibility index (Phi) is 3.85. The third-order valence-electron chi connectivity index (χ3n) is 3.14. The molecule has 0 radical (unpaired) electrons. The summed E-state index contributed by atoms with van der Waals surface area (Å²) in [6, 6.07) is 11.5. The van der Waals surface area contributed by atoms with Crippen LogP contribution in [0.5, 0.6) is 5.75 Å². The molecule has 1 N–H and O–H groups in total. The van der Waals surface area contributed by atoms with Crippen LogP contribution in [0.2, 0.25) is 0 Å². The summed E-state index contributed by atoms with van der Waals surface area (Å²) in [5, 5.41) is 17.7. The molecule has 0 aliphatic carbocycles. The molecule has 0 fully saturated rings. The zero-order chi connectivity index (χ0) is 15.5. The average Bonchev–Trinajstić information content (AvgIpc) is 3.03. The van der Waals surface area contributed by atoms with Crippen LogP contribution in [0.3, 0.4) is 0 Å². The molecule has 0 atom stereocenters. The Labute approximate surface area is 131 Å². The van der Waals surface area contributed by atoms with E-state index in [9.17, 15) is 5.26 Å². The van der Waals surface area contributed by atoms with Gasteiger partial charge in [0, 0.05) is 17.8 Å². The van der Waals surface area contributed by atoms with Gasteiger partial charge in [0.25, 0.3) is 0 Å². The molecule has 2 aromatic heterocycles. The number of thioether (sulfide) groups is 1. The second kappa shape index (κ2) is 5.95. The molecule has 0 spiro atoms. The van der Waals surface area contributed by atoms with Gasteiger partial charge in [-0.15, -0.1) is 11.8 Å². The Hall–Kier alpha value is -2.72. The van der Waals surface area contributed by atoms with Crippen molar-refractivity contribution in [3.05, 3.63) is 42.1 Å². The lowest BCUT2D eigenvalue weighted by Crippen LogP contribution is -2.06. The summed E-state index contributed by atoms with van der Waals surface area (Å²) in [5.41, 5.74) is 1.96. The van der Waals surface area contributed by atoms with Crippen molar-refractivity contribution in [3.63, 3.8) is 0 Å². The zero-order valence-corrected chi connectivity index (χ0v) is 12.9. The number of nitrogens with one attached hydrogen (secondary N) is 1. The molecule has 0 saturated heterocycles. The molecule has 7 heteroatoms. The van der Waals surface area contributed by atoms with E-state index in [-0.39, 0.29) is 0 Å². The Bertz CT molecular complexity index is 868. The SMILES string of the molecule is COc1cccc(Nc2c(C#N)c(SC)nc3ccnn23)c1. The first-order valence-corrected chi connectivity index (χ1v) is 7.72. The molecule has 0 saturated carbocycles. The topological polar surface area (TPSA) is 75.2 Å². The van der Waals surface area contributed by atoms with Gasteiger partial charge in [-0.05, 0) is 18.4 Å². The Morgan fingerprint density at radius 3 is 2.95 bits per heavy atom.